The van der Waals surface area contributed by atoms with Crippen LogP contribution in [0, 0.1) is 6.92 Å². The number of hydrogen-bond acceptors (Lipinski definition) is 5. The molecule has 5 heteroatoms. The molecule has 4 aromatic rings. The smallest absolute Gasteiger partial charge is 0.339 e. The molecular formula is C21H16N2O3. The summed E-state index contributed by atoms with van der Waals surface area (Å²) < 4.78 is 10.6. The van der Waals surface area contributed by atoms with E-state index in [0.29, 0.717) is 11.4 Å². The highest BCUT2D eigenvalue weighted by Crippen LogP contribution is 2.21. The molecule has 0 atom stereocenters. The fourth-order valence-corrected chi connectivity index (χ4v) is 2.86. The van der Waals surface area contributed by atoms with Crippen LogP contribution in [0.15, 0.2) is 71.3 Å². The second kappa shape index (κ2) is 6.80. The molecule has 0 N–H and O–H groups in total. The Bertz CT molecular complexity index is 1080. The molecule has 0 spiro atoms. The van der Waals surface area contributed by atoms with Crippen molar-refractivity contribution < 1.29 is 14.1 Å². The number of ether oxygens (including phenoxy) is 1. The van der Waals surface area contributed by atoms with Crippen LogP contribution in [-0.2, 0) is 11.3 Å². The average molecular weight is 344 g/mol. The van der Waals surface area contributed by atoms with Crippen LogP contribution in [0.25, 0.3) is 22.2 Å². The number of rotatable bonds is 4. The van der Waals surface area contributed by atoms with Crippen LogP contribution in [0.5, 0.6) is 0 Å². The molecule has 0 aliphatic carbocycles. The Balaban J connectivity index is 1.51. The van der Waals surface area contributed by atoms with Gasteiger partial charge in [-0.3, -0.25) is 0 Å². The first-order chi connectivity index (χ1) is 12.7. The SMILES string of the molecule is Cc1ccccc1-c1noc(COC(=O)c2cccc3ccccc23)n1. The summed E-state index contributed by atoms with van der Waals surface area (Å²) in [5.41, 5.74) is 2.46. The van der Waals surface area contributed by atoms with Gasteiger partial charge in [-0.1, -0.05) is 65.8 Å². The molecule has 0 fully saturated rings. The predicted octanol–water partition coefficient (Wildman–Crippen LogP) is 4.56. The predicted molar refractivity (Wildman–Crippen MR) is 97.5 cm³/mol. The molecule has 0 saturated heterocycles. The summed E-state index contributed by atoms with van der Waals surface area (Å²) in [4.78, 5) is 16.8. The maximum Gasteiger partial charge on any atom is 0.339 e. The van der Waals surface area contributed by atoms with Gasteiger partial charge in [0, 0.05) is 5.56 Å². The van der Waals surface area contributed by atoms with Crippen molar-refractivity contribution in [3.05, 3.63) is 83.7 Å². The van der Waals surface area contributed by atoms with Crippen LogP contribution in [0.4, 0.5) is 0 Å². The summed E-state index contributed by atoms with van der Waals surface area (Å²) in [6.45, 7) is 1.91. The van der Waals surface area contributed by atoms with E-state index in [1.807, 2.05) is 67.6 Å². The molecule has 0 saturated carbocycles. The standard InChI is InChI=1S/C21H16N2O3/c1-14-7-2-4-10-16(14)20-22-19(26-23-20)13-25-21(24)18-12-6-9-15-8-3-5-11-17(15)18/h2-12H,13H2,1H3. The highest BCUT2D eigenvalue weighted by Gasteiger charge is 2.15. The first kappa shape index (κ1) is 16.0. The van der Waals surface area contributed by atoms with Gasteiger partial charge in [0.15, 0.2) is 6.61 Å². The minimum Gasteiger partial charge on any atom is -0.452 e. The quantitative estimate of drug-likeness (QED) is 0.508. The number of hydrogen-bond donors (Lipinski definition) is 0. The summed E-state index contributed by atoms with van der Waals surface area (Å²) >= 11 is 0. The van der Waals surface area contributed by atoms with Gasteiger partial charge in [0.2, 0.25) is 5.82 Å². The van der Waals surface area contributed by atoms with Gasteiger partial charge in [-0.15, -0.1) is 0 Å². The molecule has 0 unspecified atom stereocenters. The lowest BCUT2D eigenvalue weighted by molar-refractivity contribution is 0.0432. The molecule has 0 aliphatic rings. The van der Waals surface area contributed by atoms with Crippen molar-refractivity contribution in [2.75, 3.05) is 0 Å². The number of benzene rings is 3. The molecule has 1 heterocycles. The van der Waals surface area contributed by atoms with Crippen LogP contribution in [0.1, 0.15) is 21.8 Å². The molecule has 0 amide bonds. The third-order valence-electron chi connectivity index (χ3n) is 4.19. The third kappa shape index (κ3) is 3.07. The van der Waals surface area contributed by atoms with Crippen molar-refractivity contribution >= 4 is 16.7 Å². The van der Waals surface area contributed by atoms with Gasteiger partial charge in [0.05, 0.1) is 5.56 Å². The van der Waals surface area contributed by atoms with E-state index in [4.69, 9.17) is 9.26 Å². The molecule has 4 rings (SSSR count). The van der Waals surface area contributed by atoms with Crippen LogP contribution < -0.4 is 0 Å². The van der Waals surface area contributed by atoms with E-state index >= 15 is 0 Å². The molecule has 26 heavy (non-hydrogen) atoms. The van der Waals surface area contributed by atoms with E-state index in [1.54, 1.807) is 6.07 Å². The minimum atomic E-state index is -0.419. The molecule has 128 valence electrons. The number of nitrogens with zero attached hydrogens (tertiary/aromatic N) is 2. The Kier molecular flexibility index (Phi) is 4.19. The first-order valence-corrected chi connectivity index (χ1v) is 8.26. The lowest BCUT2D eigenvalue weighted by Gasteiger charge is -2.05. The van der Waals surface area contributed by atoms with Gasteiger partial charge in [0.1, 0.15) is 0 Å². The molecule has 3 aromatic carbocycles. The zero-order chi connectivity index (χ0) is 17.9. The minimum absolute atomic E-state index is 0.0685. The highest BCUT2D eigenvalue weighted by atomic mass is 16.6. The number of esters is 1. The molecular weight excluding hydrogens is 328 g/mol. The Hall–Kier alpha value is -3.47. The van der Waals surface area contributed by atoms with Crippen molar-refractivity contribution in [1.29, 1.82) is 0 Å². The molecule has 0 bridgehead atoms. The van der Waals surface area contributed by atoms with Crippen LogP contribution in [-0.4, -0.2) is 16.1 Å². The topological polar surface area (TPSA) is 65.2 Å². The molecule has 1 aromatic heterocycles. The lowest BCUT2D eigenvalue weighted by atomic mass is 10.1. The number of fused-ring (bicyclic) bond motifs is 1. The van der Waals surface area contributed by atoms with Crippen LogP contribution in [0.3, 0.4) is 0 Å². The Morgan fingerprint density at radius 2 is 1.77 bits per heavy atom. The Morgan fingerprint density at radius 3 is 2.65 bits per heavy atom. The van der Waals surface area contributed by atoms with E-state index in [9.17, 15) is 4.79 Å². The maximum absolute atomic E-state index is 12.5. The van der Waals surface area contributed by atoms with Gasteiger partial charge in [-0.2, -0.15) is 4.98 Å². The number of aromatic nitrogens is 2. The van der Waals surface area contributed by atoms with Crippen LogP contribution >= 0.6 is 0 Å². The normalized spacial score (nSPS) is 10.8. The van der Waals surface area contributed by atoms with Crippen molar-refractivity contribution in [2.24, 2.45) is 0 Å². The zero-order valence-corrected chi connectivity index (χ0v) is 14.2. The van der Waals surface area contributed by atoms with Gasteiger partial charge in [0.25, 0.3) is 5.89 Å². The summed E-state index contributed by atoms with van der Waals surface area (Å²) in [7, 11) is 0. The van der Waals surface area contributed by atoms with Crippen molar-refractivity contribution in [3.63, 3.8) is 0 Å². The van der Waals surface area contributed by atoms with E-state index in [2.05, 4.69) is 10.1 Å². The van der Waals surface area contributed by atoms with Gasteiger partial charge in [-0.05, 0) is 29.3 Å². The molecule has 0 radical (unpaired) electrons. The number of carbonyl (C=O) groups excluding carboxylic acids is 1. The lowest BCUT2D eigenvalue weighted by Crippen LogP contribution is -2.06. The van der Waals surface area contributed by atoms with E-state index in [-0.39, 0.29) is 12.5 Å². The fourth-order valence-electron chi connectivity index (χ4n) is 2.86. The van der Waals surface area contributed by atoms with Gasteiger partial charge >= 0.3 is 5.97 Å². The van der Waals surface area contributed by atoms with Crippen LogP contribution in [0.2, 0.25) is 0 Å². The summed E-state index contributed by atoms with van der Waals surface area (Å²) in [6, 6.07) is 21.0. The van der Waals surface area contributed by atoms with E-state index in [0.717, 1.165) is 21.9 Å². The largest absolute Gasteiger partial charge is 0.452 e. The zero-order valence-electron chi connectivity index (χ0n) is 14.2. The molecule has 0 aliphatic heterocycles. The summed E-state index contributed by atoms with van der Waals surface area (Å²) in [5.74, 6) is 0.327. The summed E-state index contributed by atoms with van der Waals surface area (Å²) in [6.07, 6.45) is 0. The summed E-state index contributed by atoms with van der Waals surface area (Å²) in [5, 5.41) is 5.81. The first-order valence-electron chi connectivity index (χ1n) is 8.26. The number of aryl methyl sites for hydroxylation is 1. The average Bonchev–Trinajstić information content (AvgIpc) is 3.15. The van der Waals surface area contributed by atoms with Crippen molar-refractivity contribution in [1.82, 2.24) is 10.1 Å². The molecule has 5 nitrogen and oxygen atoms in total. The van der Waals surface area contributed by atoms with E-state index in [1.165, 1.54) is 0 Å². The number of carbonyl (C=O) groups is 1. The highest BCUT2D eigenvalue weighted by molar-refractivity contribution is 6.04. The maximum atomic E-state index is 12.5. The second-order valence-electron chi connectivity index (χ2n) is 5.93. The van der Waals surface area contributed by atoms with Crippen molar-refractivity contribution in [2.45, 2.75) is 13.5 Å². The Labute approximate surface area is 150 Å². The fraction of sp³-hybridized carbons (Fsp3) is 0.0952. The van der Waals surface area contributed by atoms with Gasteiger partial charge in [-0.25, -0.2) is 4.79 Å². The van der Waals surface area contributed by atoms with Gasteiger partial charge < -0.3 is 9.26 Å². The second-order valence-corrected chi connectivity index (χ2v) is 5.93. The monoisotopic (exact) mass is 344 g/mol. The third-order valence-corrected chi connectivity index (χ3v) is 4.19. The Morgan fingerprint density at radius 1 is 1.00 bits per heavy atom. The van der Waals surface area contributed by atoms with Crippen molar-refractivity contribution in [3.8, 4) is 11.4 Å². The van der Waals surface area contributed by atoms with E-state index < -0.39 is 5.97 Å².